The molecular formula is C17H18ClN3. The maximum atomic E-state index is 6.06. The van der Waals surface area contributed by atoms with Gasteiger partial charge in [-0.25, -0.2) is 4.98 Å². The predicted octanol–water partition coefficient (Wildman–Crippen LogP) is 3.76. The maximum absolute atomic E-state index is 6.06. The summed E-state index contributed by atoms with van der Waals surface area (Å²) in [5, 5.41) is 0.761. The zero-order chi connectivity index (χ0) is 14.8. The van der Waals surface area contributed by atoms with Crippen LogP contribution in [0.5, 0.6) is 0 Å². The molecule has 3 nitrogen and oxygen atoms in total. The molecule has 0 radical (unpaired) electrons. The fourth-order valence-electron chi connectivity index (χ4n) is 2.67. The molecule has 0 saturated heterocycles. The largest absolute Gasteiger partial charge is 0.328 e. The molecule has 0 aliphatic heterocycles. The van der Waals surface area contributed by atoms with E-state index in [1.54, 1.807) is 0 Å². The smallest absolute Gasteiger partial charge is 0.114 e. The molecule has 2 N–H and O–H groups in total. The molecule has 1 heterocycles. The number of nitrogens with zero attached hydrogens (tertiary/aromatic N) is 2. The van der Waals surface area contributed by atoms with Crippen LogP contribution in [-0.4, -0.2) is 9.55 Å². The van der Waals surface area contributed by atoms with Crippen LogP contribution in [0.25, 0.3) is 11.0 Å². The van der Waals surface area contributed by atoms with Crippen molar-refractivity contribution >= 4 is 22.6 Å². The molecule has 0 spiro atoms. The molecule has 0 aliphatic rings. The van der Waals surface area contributed by atoms with Gasteiger partial charge in [0.25, 0.3) is 0 Å². The second-order valence-corrected chi connectivity index (χ2v) is 5.54. The molecule has 0 saturated carbocycles. The second kappa shape index (κ2) is 5.88. The van der Waals surface area contributed by atoms with Gasteiger partial charge in [-0.2, -0.15) is 0 Å². The van der Waals surface area contributed by atoms with E-state index in [1.807, 2.05) is 18.2 Å². The first-order valence-corrected chi connectivity index (χ1v) is 7.51. The molecule has 0 unspecified atom stereocenters. The van der Waals surface area contributed by atoms with Crippen molar-refractivity contribution in [1.29, 1.82) is 0 Å². The number of hydrogen-bond acceptors (Lipinski definition) is 2. The first kappa shape index (κ1) is 14.1. The van der Waals surface area contributed by atoms with Gasteiger partial charge in [0.15, 0.2) is 0 Å². The van der Waals surface area contributed by atoms with Gasteiger partial charge in [0.1, 0.15) is 5.82 Å². The van der Waals surface area contributed by atoms with E-state index in [0.29, 0.717) is 6.54 Å². The Morgan fingerprint density at radius 1 is 1.14 bits per heavy atom. The Kier molecular flexibility index (Phi) is 3.95. The first-order valence-electron chi connectivity index (χ1n) is 7.14. The van der Waals surface area contributed by atoms with Gasteiger partial charge in [0.2, 0.25) is 0 Å². The number of halogens is 1. The van der Waals surface area contributed by atoms with Gasteiger partial charge >= 0.3 is 0 Å². The average molecular weight is 300 g/mol. The summed E-state index contributed by atoms with van der Waals surface area (Å²) in [6, 6.07) is 14.2. The van der Waals surface area contributed by atoms with Crippen molar-refractivity contribution in [3.8, 4) is 0 Å². The summed E-state index contributed by atoms with van der Waals surface area (Å²) in [5.41, 5.74) is 10.2. The first-order chi connectivity index (χ1) is 10.2. The van der Waals surface area contributed by atoms with Crippen molar-refractivity contribution in [1.82, 2.24) is 9.55 Å². The summed E-state index contributed by atoms with van der Waals surface area (Å²) in [5.74, 6) is 1.06. The van der Waals surface area contributed by atoms with E-state index >= 15 is 0 Å². The molecule has 0 atom stereocenters. The third-order valence-corrected chi connectivity index (χ3v) is 3.93. The second-order valence-electron chi connectivity index (χ2n) is 5.11. The SMILES string of the molecule is CCn1c(Cc2cccc(Cl)c2)nc2cc(CN)ccc21. The topological polar surface area (TPSA) is 43.8 Å². The van der Waals surface area contributed by atoms with Gasteiger partial charge in [0.05, 0.1) is 11.0 Å². The number of hydrogen-bond donors (Lipinski definition) is 1. The predicted molar refractivity (Wildman–Crippen MR) is 87.6 cm³/mol. The van der Waals surface area contributed by atoms with Gasteiger partial charge in [-0.15, -0.1) is 0 Å². The fourth-order valence-corrected chi connectivity index (χ4v) is 2.88. The molecular weight excluding hydrogens is 282 g/mol. The van der Waals surface area contributed by atoms with Gasteiger partial charge in [0, 0.05) is 24.5 Å². The van der Waals surface area contributed by atoms with Gasteiger partial charge in [-0.3, -0.25) is 0 Å². The number of aromatic nitrogens is 2. The molecule has 21 heavy (non-hydrogen) atoms. The van der Waals surface area contributed by atoms with E-state index in [0.717, 1.165) is 40.4 Å². The molecule has 3 rings (SSSR count). The van der Waals surface area contributed by atoms with E-state index in [-0.39, 0.29) is 0 Å². The lowest BCUT2D eigenvalue weighted by Crippen LogP contribution is -2.02. The number of imidazole rings is 1. The minimum atomic E-state index is 0.540. The van der Waals surface area contributed by atoms with Crippen LogP contribution in [0, 0.1) is 0 Å². The Morgan fingerprint density at radius 3 is 2.71 bits per heavy atom. The Balaban J connectivity index is 2.05. The molecule has 3 aromatic rings. The third-order valence-electron chi connectivity index (χ3n) is 3.69. The van der Waals surface area contributed by atoms with Crippen LogP contribution in [0.4, 0.5) is 0 Å². The Hall–Kier alpha value is -1.84. The highest BCUT2D eigenvalue weighted by Gasteiger charge is 2.10. The normalized spacial score (nSPS) is 11.2. The molecule has 0 amide bonds. The maximum Gasteiger partial charge on any atom is 0.114 e. The molecule has 1 aromatic heterocycles. The van der Waals surface area contributed by atoms with E-state index in [4.69, 9.17) is 22.3 Å². The molecule has 4 heteroatoms. The number of fused-ring (bicyclic) bond motifs is 1. The molecule has 0 aliphatic carbocycles. The summed E-state index contributed by atoms with van der Waals surface area (Å²) in [4.78, 5) is 4.78. The van der Waals surface area contributed by atoms with Crippen LogP contribution in [0.3, 0.4) is 0 Å². The van der Waals surface area contributed by atoms with Gasteiger partial charge in [-0.05, 0) is 42.3 Å². The average Bonchev–Trinajstić information content (AvgIpc) is 2.83. The van der Waals surface area contributed by atoms with Crippen molar-refractivity contribution in [2.45, 2.75) is 26.4 Å². The number of rotatable bonds is 4. The van der Waals surface area contributed by atoms with Crippen LogP contribution >= 0.6 is 11.6 Å². The molecule has 2 aromatic carbocycles. The quantitative estimate of drug-likeness (QED) is 0.797. The minimum Gasteiger partial charge on any atom is -0.328 e. The van der Waals surface area contributed by atoms with Crippen LogP contribution in [-0.2, 0) is 19.5 Å². The molecule has 0 fully saturated rings. The monoisotopic (exact) mass is 299 g/mol. The third kappa shape index (κ3) is 2.80. The summed E-state index contributed by atoms with van der Waals surface area (Å²) in [7, 11) is 0. The van der Waals surface area contributed by atoms with Crippen molar-refractivity contribution in [3.63, 3.8) is 0 Å². The van der Waals surface area contributed by atoms with E-state index in [9.17, 15) is 0 Å². The van der Waals surface area contributed by atoms with Crippen molar-refractivity contribution in [2.24, 2.45) is 5.73 Å². The lowest BCUT2D eigenvalue weighted by atomic mass is 10.1. The Bertz CT molecular complexity index is 777. The summed E-state index contributed by atoms with van der Waals surface area (Å²) >= 11 is 6.06. The summed E-state index contributed by atoms with van der Waals surface area (Å²) in [6.45, 7) is 3.58. The van der Waals surface area contributed by atoms with Crippen LogP contribution < -0.4 is 5.73 Å². The van der Waals surface area contributed by atoms with Gasteiger partial charge < -0.3 is 10.3 Å². The standard InChI is InChI=1S/C17H18ClN3/c1-2-21-16-7-6-13(11-19)9-15(16)20-17(21)10-12-4-3-5-14(18)8-12/h3-9H,2,10-11,19H2,1H3. The number of aryl methyl sites for hydroxylation is 1. The van der Waals surface area contributed by atoms with Crippen molar-refractivity contribution in [3.05, 3.63) is 64.4 Å². The van der Waals surface area contributed by atoms with E-state index < -0.39 is 0 Å². The van der Waals surface area contributed by atoms with Crippen molar-refractivity contribution in [2.75, 3.05) is 0 Å². The minimum absolute atomic E-state index is 0.540. The number of benzene rings is 2. The lowest BCUT2D eigenvalue weighted by Gasteiger charge is -2.06. The van der Waals surface area contributed by atoms with Gasteiger partial charge in [-0.1, -0.05) is 29.8 Å². The summed E-state index contributed by atoms with van der Waals surface area (Å²) < 4.78 is 2.25. The summed E-state index contributed by atoms with van der Waals surface area (Å²) in [6.07, 6.45) is 0.779. The van der Waals surface area contributed by atoms with Crippen molar-refractivity contribution < 1.29 is 0 Å². The fraction of sp³-hybridized carbons (Fsp3) is 0.235. The lowest BCUT2D eigenvalue weighted by molar-refractivity contribution is 0.733. The van der Waals surface area contributed by atoms with E-state index in [1.165, 1.54) is 5.56 Å². The van der Waals surface area contributed by atoms with Crippen LogP contribution in [0.2, 0.25) is 5.02 Å². The number of nitrogens with two attached hydrogens (primary N) is 1. The molecule has 108 valence electrons. The molecule has 0 bridgehead atoms. The van der Waals surface area contributed by atoms with E-state index in [2.05, 4.69) is 35.8 Å². The highest BCUT2D eigenvalue weighted by Crippen LogP contribution is 2.21. The Labute approximate surface area is 129 Å². The highest BCUT2D eigenvalue weighted by molar-refractivity contribution is 6.30. The Morgan fingerprint density at radius 2 is 2.00 bits per heavy atom. The van der Waals surface area contributed by atoms with Crippen LogP contribution in [0.1, 0.15) is 23.9 Å². The zero-order valence-corrected chi connectivity index (χ0v) is 12.8. The van der Waals surface area contributed by atoms with Crippen LogP contribution in [0.15, 0.2) is 42.5 Å². The zero-order valence-electron chi connectivity index (χ0n) is 12.0. The highest BCUT2D eigenvalue weighted by atomic mass is 35.5.